The predicted molar refractivity (Wildman–Crippen MR) is 128 cm³/mol. The van der Waals surface area contributed by atoms with Crippen LogP contribution in [-0.2, 0) is 28.2 Å². The van der Waals surface area contributed by atoms with E-state index in [1.165, 1.54) is 49.7 Å². The van der Waals surface area contributed by atoms with Crippen molar-refractivity contribution < 1.29 is 10.2 Å². The molecule has 0 aliphatic carbocycles. The zero-order valence-electron chi connectivity index (χ0n) is 20.4. The Bertz CT molecular complexity index is 1730. The first kappa shape index (κ1) is 25.1. The molecule has 4 rings (SSSR count). The van der Waals surface area contributed by atoms with Crippen LogP contribution in [0.25, 0.3) is 22.3 Å². The molecule has 4 aromatic heterocycles. The summed E-state index contributed by atoms with van der Waals surface area (Å²) in [5, 5.41) is 21.5. The molecule has 4 aromatic rings. The highest BCUT2D eigenvalue weighted by atomic mass is 16.3. The molecule has 0 aliphatic heterocycles. The lowest BCUT2D eigenvalue weighted by atomic mass is 9.94. The Labute approximate surface area is 202 Å². The zero-order valence-corrected chi connectivity index (χ0v) is 20.4. The number of aromatic nitrogens is 8. The summed E-state index contributed by atoms with van der Waals surface area (Å²) >= 11 is 0. The number of aliphatic hydroxyl groups is 2. The quantitative estimate of drug-likeness (QED) is 0.319. The van der Waals surface area contributed by atoms with Gasteiger partial charge >= 0.3 is 11.4 Å². The van der Waals surface area contributed by atoms with E-state index in [0.29, 0.717) is 6.42 Å². The van der Waals surface area contributed by atoms with Crippen molar-refractivity contribution in [1.29, 1.82) is 0 Å². The van der Waals surface area contributed by atoms with E-state index in [9.17, 15) is 29.4 Å². The van der Waals surface area contributed by atoms with Gasteiger partial charge in [0.1, 0.15) is 6.10 Å². The van der Waals surface area contributed by atoms with Gasteiger partial charge in [-0.05, 0) is 18.8 Å². The van der Waals surface area contributed by atoms with Gasteiger partial charge in [-0.1, -0.05) is 6.92 Å². The molecule has 14 nitrogen and oxygen atoms in total. The number of hydrogen-bond donors (Lipinski definition) is 2. The molecule has 0 bridgehead atoms. The van der Waals surface area contributed by atoms with Gasteiger partial charge in [0.15, 0.2) is 22.3 Å². The van der Waals surface area contributed by atoms with E-state index >= 15 is 0 Å². The summed E-state index contributed by atoms with van der Waals surface area (Å²) in [6, 6.07) is 0. The van der Waals surface area contributed by atoms with E-state index in [-0.39, 0.29) is 40.1 Å². The molecule has 0 saturated heterocycles. The first-order valence-electron chi connectivity index (χ1n) is 11.2. The molecular weight excluding hydrogens is 472 g/mol. The average molecular weight is 499 g/mol. The number of nitrogens with zero attached hydrogens (tertiary/aromatic N) is 8. The van der Waals surface area contributed by atoms with E-state index in [0.717, 1.165) is 9.13 Å². The van der Waals surface area contributed by atoms with Crippen LogP contribution >= 0.6 is 0 Å². The van der Waals surface area contributed by atoms with Gasteiger partial charge in [-0.2, -0.15) is 0 Å². The van der Waals surface area contributed by atoms with Crippen LogP contribution in [0, 0.1) is 5.92 Å². The van der Waals surface area contributed by atoms with E-state index in [1.54, 1.807) is 6.92 Å². The summed E-state index contributed by atoms with van der Waals surface area (Å²) in [4.78, 5) is 65.8. The molecular formula is C22H26N8O6. The molecule has 0 amide bonds. The second-order valence-corrected chi connectivity index (χ2v) is 8.86. The van der Waals surface area contributed by atoms with Crippen LogP contribution in [-0.4, -0.2) is 48.4 Å². The third kappa shape index (κ3) is 4.03. The highest BCUT2D eigenvalue weighted by Crippen LogP contribution is 2.27. The first-order valence-corrected chi connectivity index (χ1v) is 11.2. The fourth-order valence-corrected chi connectivity index (χ4v) is 4.01. The summed E-state index contributed by atoms with van der Waals surface area (Å²) in [5.74, 6) is -0.398. The molecule has 0 radical (unpaired) electrons. The minimum absolute atomic E-state index is 0.0355. The topological polar surface area (TPSA) is 180 Å². The summed E-state index contributed by atoms with van der Waals surface area (Å²) in [5.41, 5.74) is -1.82. The van der Waals surface area contributed by atoms with Gasteiger partial charge in [-0.3, -0.25) is 27.9 Å². The van der Waals surface area contributed by atoms with Crippen LogP contribution in [0.5, 0.6) is 0 Å². The molecule has 0 spiro atoms. The summed E-state index contributed by atoms with van der Waals surface area (Å²) in [6.45, 7) is 1.75. The van der Waals surface area contributed by atoms with Crippen molar-refractivity contribution in [3.63, 3.8) is 0 Å². The van der Waals surface area contributed by atoms with Crippen molar-refractivity contribution in [1.82, 2.24) is 38.2 Å². The maximum atomic E-state index is 12.5. The molecule has 190 valence electrons. The van der Waals surface area contributed by atoms with Gasteiger partial charge in [0.05, 0.1) is 29.9 Å². The van der Waals surface area contributed by atoms with Gasteiger partial charge in [0.2, 0.25) is 0 Å². The summed E-state index contributed by atoms with van der Waals surface area (Å²) < 4.78 is 4.24. The van der Waals surface area contributed by atoms with Crippen molar-refractivity contribution in [3.8, 4) is 0 Å². The molecule has 2 unspecified atom stereocenters. The lowest BCUT2D eigenvalue weighted by Gasteiger charge is -2.20. The lowest BCUT2D eigenvalue weighted by molar-refractivity contribution is 0.0894. The molecule has 4 heterocycles. The minimum Gasteiger partial charge on any atom is -0.387 e. The molecule has 0 aliphatic rings. The smallest absolute Gasteiger partial charge is 0.332 e. The molecule has 2 N–H and O–H groups in total. The molecule has 0 saturated carbocycles. The zero-order chi connectivity index (χ0) is 26.5. The number of rotatable bonds is 6. The van der Waals surface area contributed by atoms with Crippen LogP contribution in [0.1, 0.15) is 43.4 Å². The van der Waals surface area contributed by atoms with Crippen LogP contribution in [0.2, 0.25) is 0 Å². The van der Waals surface area contributed by atoms with Crippen LogP contribution < -0.4 is 22.5 Å². The van der Waals surface area contributed by atoms with Gasteiger partial charge < -0.3 is 10.2 Å². The summed E-state index contributed by atoms with van der Waals surface area (Å²) in [7, 11) is 5.63. The van der Waals surface area contributed by atoms with Gasteiger partial charge in [0.25, 0.3) is 11.1 Å². The van der Waals surface area contributed by atoms with Gasteiger partial charge in [-0.25, -0.2) is 29.5 Å². The maximum Gasteiger partial charge on any atom is 0.332 e. The third-order valence-electron chi connectivity index (χ3n) is 6.42. The fraction of sp³-hybridized carbons (Fsp3) is 0.455. The molecule has 0 fully saturated rings. The fourth-order valence-electron chi connectivity index (χ4n) is 4.01. The predicted octanol–water partition coefficient (Wildman–Crippen LogP) is -1.45. The lowest BCUT2D eigenvalue weighted by Crippen LogP contribution is -2.38. The Morgan fingerprint density at radius 3 is 1.67 bits per heavy atom. The van der Waals surface area contributed by atoms with Crippen LogP contribution in [0.4, 0.5) is 0 Å². The van der Waals surface area contributed by atoms with Gasteiger partial charge in [0, 0.05) is 28.2 Å². The number of aryl methyl sites for hydroxylation is 2. The van der Waals surface area contributed by atoms with Gasteiger partial charge in [-0.15, -0.1) is 0 Å². The van der Waals surface area contributed by atoms with Crippen molar-refractivity contribution in [2.45, 2.75) is 32.0 Å². The van der Waals surface area contributed by atoms with E-state index in [2.05, 4.69) is 19.9 Å². The van der Waals surface area contributed by atoms with Crippen molar-refractivity contribution in [3.05, 3.63) is 65.5 Å². The SMILES string of the molecule is C[C@@H](CCC(O)c1cnc2c(n1)c(=O)n(C)c(=O)n2C)C(O)c1cnc2c(n1)c(=O)n(C)c(=O)n2C. The second kappa shape index (κ2) is 9.20. The largest absolute Gasteiger partial charge is 0.387 e. The van der Waals surface area contributed by atoms with Crippen molar-refractivity contribution in [2.75, 3.05) is 0 Å². The minimum atomic E-state index is -1.10. The third-order valence-corrected chi connectivity index (χ3v) is 6.42. The maximum absolute atomic E-state index is 12.5. The second-order valence-electron chi connectivity index (χ2n) is 8.86. The Kier molecular flexibility index (Phi) is 6.41. The Morgan fingerprint density at radius 1 is 0.722 bits per heavy atom. The van der Waals surface area contributed by atoms with E-state index < -0.39 is 40.6 Å². The van der Waals surface area contributed by atoms with Crippen molar-refractivity contribution in [2.24, 2.45) is 34.1 Å². The van der Waals surface area contributed by atoms with Crippen LogP contribution in [0.3, 0.4) is 0 Å². The highest BCUT2D eigenvalue weighted by Gasteiger charge is 2.23. The molecule has 0 aromatic carbocycles. The molecule has 36 heavy (non-hydrogen) atoms. The Morgan fingerprint density at radius 2 is 1.17 bits per heavy atom. The van der Waals surface area contributed by atoms with E-state index in [1.807, 2.05) is 0 Å². The van der Waals surface area contributed by atoms with E-state index in [4.69, 9.17) is 0 Å². The number of aliphatic hydroxyl groups excluding tert-OH is 2. The average Bonchev–Trinajstić information content (AvgIpc) is 2.89. The number of fused-ring (bicyclic) bond motifs is 2. The Hall–Kier alpha value is -4.04. The summed E-state index contributed by atoms with van der Waals surface area (Å²) in [6.07, 6.45) is 0.957. The standard InChI is InChI=1S/C22H26N8O6/c1-10(16(32)12-9-24-18-15(26-12)20(34)30(5)22(36)28(18)3)6-7-13(31)11-8-23-17-14(25-11)19(33)29(4)21(35)27(17)2/h8-10,13,16,31-32H,6-7H2,1-5H3/t10-,13?,16?/m0/s1. The number of hydrogen-bond acceptors (Lipinski definition) is 10. The molecule has 3 atom stereocenters. The monoisotopic (exact) mass is 498 g/mol. The highest BCUT2D eigenvalue weighted by molar-refractivity contribution is 5.69. The normalized spacial score (nSPS) is 14.3. The van der Waals surface area contributed by atoms with Crippen molar-refractivity contribution >= 4 is 22.3 Å². The first-order chi connectivity index (χ1) is 16.9. The van der Waals surface area contributed by atoms with Crippen LogP contribution in [0.15, 0.2) is 31.6 Å². The molecule has 14 heteroatoms. The Balaban J connectivity index is 1.55.